The van der Waals surface area contributed by atoms with Crippen molar-refractivity contribution >= 4 is 11.9 Å². The summed E-state index contributed by atoms with van der Waals surface area (Å²) in [5.41, 5.74) is 0.281. The first-order chi connectivity index (χ1) is 21.3. The van der Waals surface area contributed by atoms with Gasteiger partial charge in [0.15, 0.2) is 0 Å². The van der Waals surface area contributed by atoms with Crippen molar-refractivity contribution in [3.8, 4) is 0 Å². The van der Waals surface area contributed by atoms with Crippen LogP contribution in [0.15, 0.2) is 11.1 Å². The Morgan fingerprint density at radius 2 is 0.523 bits per heavy atom. The number of rotatable bonds is 34. The lowest BCUT2D eigenvalue weighted by molar-refractivity contribution is -0.136. The minimum atomic E-state index is -1.04. The largest absolute Gasteiger partial charge is 0.478 e. The predicted molar refractivity (Wildman–Crippen MR) is 190 cm³/mol. The fraction of sp³-hybridized carbons (Fsp3) is 0.900. The Morgan fingerprint density at radius 3 is 0.705 bits per heavy atom. The van der Waals surface area contributed by atoms with Crippen LogP contribution in [0.3, 0.4) is 0 Å². The zero-order chi connectivity index (χ0) is 32.7. The van der Waals surface area contributed by atoms with E-state index in [9.17, 15) is 19.8 Å². The fourth-order valence-electron chi connectivity index (χ4n) is 6.37. The topological polar surface area (TPSA) is 74.6 Å². The zero-order valence-electron chi connectivity index (χ0n) is 30.1. The van der Waals surface area contributed by atoms with Crippen molar-refractivity contribution in [2.75, 3.05) is 0 Å². The Balaban J connectivity index is 3.86. The Kier molecular flexibility index (Phi) is 30.7. The number of hydrogen-bond acceptors (Lipinski definition) is 2. The van der Waals surface area contributed by atoms with E-state index < -0.39 is 11.9 Å². The molecule has 0 aliphatic rings. The Labute approximate surface area is 274 Å². The molecule has 0 fully saturated rings. The van der Waals surface area contributed by atoms with Gasteiger partial charge in [0.1, 0.15) is 0 Å². The van der Waals surface area contributed by atoms with Crippen LogP contribution in [0.5, 0.6) is 0 Å². The summed E-state index contributed by atoms with van der Waals surface area (Å²) in [4.78, 5) is 23.8. The summed E-state index contributed by atoms with van der Waals surface area (Å²) in [5.74, 6) is -0.409. The molecule has 0 radical (unpaired) electrons. The van der Waals surface area contributed by atoms with Crippen LogP contribution >= 0.6 is 0 Å². The molecule has 0 unspecified atom stereocenters. The highest BCUT2D eigenvalue weighted by Gasteiger charge is 2.19. The average molecular weight is 621 g/mol. The van der Waals surface area contributed by atoms with Gasteiger partial charge in [-0.1, -0.05) is 195 Å². The molecule has 0 aromatic carbocycles. The summed E-state index contributed by atoms with van der Waals surface area (Å²) >= 11 is 0. The maximum absolute atomic E-state index is 11.9. The lowest BCUT2D eigenvalue weighted by atomic mass is 9.96. The van der Waals surface area contributed by atoms with Crippen LogP contribution in [0.25, 0.3) is 0 Å². The third-order valence-corrected chi connectivity index (χ3v) is 9.30. The van der Waals surface area contributed by atoms with Gasteiger partial charge in [-0.3, -0.25) is 0 Å². The summed E-state index contributed by atoms with van der Waals surface area (Å²) in [6.45, 7) is 9.23. The van der Waals surface area contributed by atoms with Gasteiger partial charge in [-0.05, 0) is 37.5 Å². The van der Waals surface area contributed by atoms with Gasteiger partial charge in [0.25, 0.3) is 0 Å². The fourth-order valence-corrected chi connectivity index (χ4v) is 6.37. The van der Waals surface area contributed by atoms with Gasteiger partial charge >= 0.3 is 11.9 Å². The van der Waals surface area contributed by atoms with E-state index in [1.54, 1.807) is 0 Å². The van der Waals surface area contributed by atoms with Crippen LogP contribution in [-0.4, -0.2) is 22.2 Å². The Bertz CT molecular complexity index is 635. The minimum Gasteiger partial charge on any atom is -0.478 e. The van der Waals surface area contributed by atoms with Gasteiger partial charge in [0, 0.05) is 11.1 Å². The van der Waals surface area contributed by atoms with E-state index in [2.05, 4.69) is 27.7 Å². The number of aliphatic carboxylic acids is 2. The molecule has 0 rings (SSSR count). The van der Waals surface area contributed by atoms with Crippen LogP contribution in [0, 0.1) is 11.8 Å². The molecule has 0 atom stereocenters. The molecule has 0 heterocycles. The lowest BCUT2D eigenvalue weighted by Crippen LogP contribution is -2.12. The quantitative estimate of drug-likeness (QED) is 0.0554. The minimum absolute atomic E-state index is 0.140. The third-order valence-electron chi connectivity index (χ3n) is 9.30. The first kappa shape index (κ1) is 42.7. The van der Waals surface area contributed by atoms with Gasteiger partial charge in [-0.25, -0.2) is 9.59 Å². The SMILES string of the molecule is CC(C)CCCCCCCCCCCCCCC/C(C(=O)O)=C(/CCCCCCCCCCCCCCCC(C)C)C(=O)O. The van der Waals surface area contributed by atoms with E-state index in [0.717, 1.165) is 50.4 Å². The molecular formula is C40H76O4. The van der Waals surface area contributed by atoms with E-state index in [1.165, 1.54) is 141 Å². The molecule has 0 saturated heterocycles. The normalized spacial score (nSPS) is 12.3. The highest BCUT2D eigenvalue weighted by Crippen LogP contribution is 2.22. The highest BCUT2D eigenvalue weighted by atomic mass is 16.4. The van der Waals surface area contributed by atoms with Gasteiger partial charge in [-0.2, -0.15) is 0 Å². The van der Waals surface area contributed by atoms with Crippen LogP contribution in [0.2, 0.25) is 0 Å². The van der Waals surface area contributed by atoms with Crippen LogP contribution in [0.1, 0.15) is 220 Å². The standard InChI is InChI=1S/C40H76O4/c1-35(2)31-27-23-19-15-11-7-5-9-13-17-21-25-29-33-37(39(41)42)38(40(43)44)34-30-26-22-18-14-10-6-8-12-16-20-24-28-32-36(3)4/h35-36H,5-34H2,1-4H3,(H,41,42)(H,43,44)/b38-37+. The van der Waals surface area contributed by atoms with E-state index in [4.69, 9.17) is 0 Å². The third kappa shape index (κ3) is 29.4. The smallest absolute Gasteiger partial charge is 0.332 e. The molecular weight excluding hydrogens is 544 g/mol. The summed E-state index contributed by atoms with van der Waals surface area (Å²) in [7, 11) is 0. The summed E-state index contributed by atoms with van der Waals surface area (Å²) in [5, 5.41) is 19.5. The van der Waals surface area contributed by atoms with Crippen molar-refractivity contribution in [2.24, 2.45) is 11.8 Å². The molecule has 0 saturated carbocycles. The van der Waals surface area contributed by atoms with Crippen LogP contribution in [-0.2, 0) is 9.59 Å². The number of carboxylic acids is 2. The molecule has 0 aromatic rings. The average Bonchev–Trinajstić information content (AvgIpc) is 2.96. The maximum atomic E-state index is 11.9. The predicted octanol–water partition coefficient (Wildman–Crippen LogP) is 13.5. The van der Waals surface area contributed by atoms with Crippen LogP contribution < -0.4 is 0 Å². The molecule has 0 aromatic heterocycles. The van der Waals surface area contributed by atoms with Crippen molar-refractivity contribution in [1.29, 1.82) is 0 Å². The number of carboxylic acid groups (broad SMARTS) is 2. The molecule has 0 amide bonds. The maximum Gasteiger partial charge on any atom is 0.332 e. The zero-order valence-corrected chi connectivity index (χ0v) is 30.1. The molecule has 260 valence electrons. The first-order valence-electron chi connectivity index (χ1n) is 19.4. The second kappa shape index (κ2) is 31.7. The first-order valence-corrected chi connectivity index (χ1v) is 19.4. The van der Waals surface area contributed by atoms with Crippen molar-refractivity contribution < 1.29 is 19.8 Å². The molecule has 0 aliphatic carbocycles. The Hall–Kier alpha value is -1.32. The summed E-state index contributed by atoms with van der Waals surface area (Å²) in [6.07, 6.45) is 36.0. The summed E-state index contributed by atoms with van der Waals surface area (Å²) in [6, 6.07) is 0. The van der Waals surface area contributed by atoms with E-state index >= 15 is 0 Å². The van der Waals surface area contributed by atoms with E-state index in [0.29, 0.717) is 12.8 Å². The molecule has 0 spiro atoms. The monoisotopic (exact) mass is 621 g/mol. The highest BCUT2D eigenvalue weighted by molar-refractivity contribution is 5.98. The van der Waals surface area contributed by atoms with Gasteiger partial charge in [0.05, 0.1) is 0 Å². The molecule has 0 aliphatic heterocycles. The second-order valence-electron chi connectivity index (χ2n) is 14.6. The number of carbonyl (C=O) groups is 2. The number of unbranched alkanes of at least 4 members (excludes halogenated alkanes) is 24. The van der Waals surface area contributed by atoms with Gasteiger partial charge in [-0.15, -0.1) is 0 Å². The van der Waals surface area contributed by atoms with Crippen molar-refractivity contribution in [2.45, 2.75) is 220 Å². The van der Waals surface area contributed by atoms with Crippen molar-refractivity contribution in [3.63, 3.8) is 0 Å². The van der Waals surface area contributed by atoms with Crippen LogP contribution in [0.4, 0.5) is 0 Å². The summed E-state index contributed by atoms with van der Waals surface area (Å²) < 4.78 is 0. The second-order valence-corrected chi connectivity index (χ2v) is 14.6. The molecule has 4 heteroatoms. The lowest BCUT2D eigenvalue weighted by Gasteiger charge is -2.10. The van der Waals surface area contributed by atoms with Crippen molar-refractivity contribution in [3.05, 3.63) is 11.1 Å². The molecule has 0 bridgehead atoms. The molecule has 4 nitrogen and oxygen atoms in total. The van der Waals surface area contributed by atoms with E-state index in [-0.39, 0.29) is 11.1 Å². The molecule has 44 heavy (non-hydrogen) atoms. The van der Waals surface area contributed by atoms with Gasteiger partial charge < -0.3 is 10.2 Å². The Morgan fingerprint density at radius 1 is 0.341 bits per heavy atom. The van der Waals surface area contributed by atoms with E-state index in [1.807, 2.05) is 0 Å². The molecule has 2 N–H and O–H groups in total. The number of hydrogen-bond donors (Lipinski definition) is 2. The van der Waals surface area contributed by atoms with Gasteiger partial charge in [0.2, 0.25) is 0 Å². The van der Waals surface area contributed by atoms with Crippen molar-refractivity contribution in [1.82, 2.24) is 0 Å².